The standard InChI is InChI=1S/C26H17ClN2O3/c27-21-10-4-1-9-18(21)24-13-19(16-7-3-6-12-23(16)29-24)26(31)32-15-25(30)20-14-28-22-11-5-2-8-17(20)22/h1-14,28H,15H2. The fourth-order valence-electron chi connectivity index (χ4n) is 3.74. The second-order valence-corrected chi connectivity index (χ2v) is 7.71. The third kappa shape index (κ3) is 3.63. The number of ketones is 1. The van der Waals surface area contributed by atoms with Crippen LogP contribution in [0.4, 0.5) is 0 Å². The number of para-hydroxylation sites is 2. The van der Waals surface area contributed by atoms with Gasteiger partial charge in [-0.2, -0.15) is 0 Å². The van der Waals surface area contributed by atoms with Gasteiger partial charge in [0.05, 0.1) is 16.8 Å². The Balaban J connectivity index is 1.46. The average Bonchev–Trinajstić information content (AvgIpc) is 3.26. The zero-order valence-corrected chi connectivity index (χ0v) is 17.6. The number of pyridine rings is 1. The van der Waals surface area contributed by atoms with E-state index in [-0.39, 0.29) is 12.4 Å². The number of hydrogen-bond donors (Lipinski definition) is 1. The van der Waals surface area contributed by atoms with E-state index >= 15 is 0 Å². The number of benzene rings is 3. The van der Waals surface area contributed by atoms with Crippen LogP contribution in [0.3, 0.4) is 0 Å². The van der Waals surface area contributed by atoms with E-state index in [1.165, 1.54) is 0 Å². The Kier molecular flexibility index (Phi) is 5.17. The Morgan fingerprint density at radius 3 is 2.44 bits per heavy atom. The third-order valence-corrected chi connectivity index (χ3v) is 5.64. The largest absolute Gasteiger partial charge is 0.454 e. The quantitative estimate of drug-likeness (QED) is 0.265. The number of carbonyl (C=O) groups is 2. The molecule has 0 aliphatic heterocycles. The molecule has 0 fully saturated rings. The molecular weight excluding hydrogens is 424 g/mol. The maximum atomic E-state index is 13.0. The molecule has 5 aromatic rings. The smallest absolute Gasteiger partial charge is 0.339 e. The second-order valence-electron chi connectivity index (χ2n) is 7.30. The van der Waals surface area contributed by atoms with Crippen molar-refractivity contribution in [2.45, 2.75) is 0 Å². The topological polar surface area (TPSA) is 72.1 Å². The molecule has 2 aromatic heterocycles. The molecular formula is C26H17ClN2O3. The molecule has 0 spiro atoms. The first-order valence-corrected chi connectivity index (χ1v) is 10.4. The number of carbonyl (C=O) groups excluding carboxylic acids is 2. The number of nitrogens with zero attached hydrogens (tertiary/aromatic N) is 1. The highest BCUT2D eigenvalue weighted by molar-refractivity contribution is 6.33. The van der Waals surface area contributed by atoms with E-state index in [0.29, 0.717) is 38.3 Å². The van der Waals surface area contributed by atoms with Crippen molar-refractivity contribution in [3.8, 4) is 11.3 Å². The number of esters is 1. The van der Waals surface area contributed by atoms with E-state index in [1.54, 1.807) is 24.4 Å². The number of rotatable bonds is 5. The molecule has 32 heavy (non-hydrogen) atoms. The van der Waals surface area contributed by atoms with Crippen molar-refractivity contribution < 1.29 is 14.3 Å². The molecule has 2 heterocycles. The fraction of sp³-hybridized carbons (Fsp3) is 0.0385. The summed E-state index contributed by atoms with van der Waals surface area (Å²) in [5.41, 5.74) is 3.58. The summed E-state index contributed by atoms with van der Waals surface area (Å²) in [6.07, 6.45) is 1.64. The summed E-state index contributed by atoms with van der Waals surface area (Å²) in [7, 11) is 0. The predicted molar refractivity (Wildman–Crippen MR) is 125 cm³/mol. The van der Waals surface area contributed by atoms with Gasteiger partial charge in [0.25, 0.3) is 0 Å². The Hall–Kier alpha value is -3.96. The molecule has 0 saturated heterocycles. The predicted octanol–water partition coefficient (Wildman–Crippen LogP) is 6.08. The minimum Gasteiger partial charge on any atom is -0.454 e. The van der Waals surface area contributed by atoms with Gasteiger partial charge in [-0.05, 0) is 24.3 Å². The Labute approximate surface area is 188 Å². The summed E-state index contributed by atoms with van der Waals surface area (Å²) in [6.45, 7) is -0.362. The Morgan fingerprint density at radius 1 is 0.875 bits per heavy atom. The van der Waals surface area contributed by atoms with Crippen molar-refractivity contribution in [3.05, 3.63) is 101 Å². The maximum Gasteiger partial charge on any atom is 0.339 e. The van der Waals surface area contributed by atoms with Crippen LogP contribution in [0.15, 0.2) is 85.1 Å². The van der Waals surface area contributed by atoms with Crippen molar-refractivity contribution >= 4 is 45.2 Å². The van der Waals surface area contributed by atoms with Gasteiger partial charge in [0.2, 0.25) is 5.78 Å². The number of ether oxygens (including phenoxy) is 1. The Bertz CT molecular complexity index is 1490. The molecule has 0 radical (unpaired) electrons. The lowest BCUT2D eigenvalue weighted by atomic mass is 10.0. The zero-order valence-electron chi connectivity index (χ0n) is 16.8. The Morgan fingerprint density at radius 2 is 1.59 bits per heavy atom. The molecule has 3 aromatic carbocycles. The lowest BCUT2D eigenvalue weighted by Gasteiger charge is -2.10. The number of hydrogen-bond acceptors (Lipinski definition) is 4. The molecule has 1 N–H and O–H groups in total. The second kappa shape index (κ2) is 8.29. The van der Waals surface area contributed by atoms with E-state index in [9.17, 15) is 9.59 Å². The van der Waals surface area contributed by atoms with Gasteiger partial charge in [-0.3, -0.25) is 4.79 Å². The number of Topliss-reactive ketones (excluding diaryl/α,β-unsaturated/α-hetero) is 1. The first-order valence-electron chi connectivity index (χ1n) is 10.0. The summed E-state index contributed by atoms with van der Waals surface area (Å²) in [5.74, 6) is -0.870. The van der Waals surface area contributed by atoms with Crippen LogP contribution >= 0.6 is 11.6 Å². The van der Waals surface area contributed by atoms with E-state index in [4.69, 9.17) is 16.3 Å². The van der Waals surface area contributed by atoms with E-state index in [2.05, 4.69) is 9.97 Å². The zero-order chi connectivity index (χ0) is 22.1. The molecule has 156 valence electrons. The summed E-state index contributed by atoms with van der Waals surface area (Å²) in [4.78, 5) is 33.5. The highest BCUT2D eigenvalue weighted by Gasteiger charge is 2.19. The lowest BCUT2D eigenvalue weighted by Crippen LogP contribution is -2.14. The number of halogens is 1. The number of H-pyrrole nitrogens is 1. The van der Waals surface area contributed by atoms with Gasteiger partial charge in [0, 0.05) is 38.6 Å². The van der Waals surface area contributed by atoms with Crippen LogP contribution in [-0.2, 0) is 4.74 Å². The monoisotopic (exact) mass is 440 g/mol. The van der Waals surface area contributed by atoms with Crippen LogP contribution in [0, 0.1) is 0 Å². The van der Waals surface area contributed by atoms with Gasteiger partial charge >= 0.3 is 5.97 Å². The molecule has 0 unspecified atom stereocenters. The molecule has 0 aliphatic carbocycles. The van der Waals surface area contributed by atoms with Crippen LogP contribution in [0.1, 0.15) is 20.7 Å². The maximum absolute atomic E-state index is 13.0. The van der Waals surface area contributed by atoms with E-state index in [1.807, 2.05) is 60.7 Å². The van der Waals surface area contributed by atoms with Gasteiger partial charge in [-0.25, -0.2) is 9.78 Å². The molecule has 0 atom stereocenters. The van der Waals surface area contributed by atoms with Gasteiger partial charge < -0.3 is 9.72 Å². The van der Waals surface area contributed by atoms with Gasteiger partial charge in [0.1, 0.15) is 0 Å². The van der Waals surface area contributed by atoms with Crippen molar-refractivity contribution in [2.24, 2.45) is 0 Å². The summed E-state index contributed by atoms with van der Waals surface area (Å²) in [6, 6.07) is 23.7. The average molecular weight is 441 g/mol. The molecule has 0 amide bonds. The fourth-order valence-corrected chi connectivity index (χ4v) is 3.97. The molecule has 5 rings (SSSR count). The molecule has 0 bridgehead atoms. The SMILES string of the molecule is O=C(OCC(=O)c1c[nH]c2ccccc12)c1cc(-c2ccccc2Cl)nc2ccccc12. The van der Waals surface area contributed by atoms with Gasteiger partial charge in [-0.15, -0.1) is 0 Å². The van der Waals surface area contributed by atoms with Crippen LogP contribution in [-0.4, -0.2) is 28.3 Å². The van der Waals surface area contributed by atoms with Crippen LogP contribution < -0.4 is 0 Å². The van der Waals surface area contributed by atoms with Gasteiger partial charge in [0.15, 0.2) is 6.61 Å². The number of aromatic amines is 1. The van der Waals surface area contributed by atoms with Crippen molar-refractivity contribution in [2.75, 3.05) is 6.61 Å². The lowest BCUT2D eigenvalue weighted by molar-refractivity contribution is 0.0477. The molecule has 5 nitrogen and oxygen atoms in total. The normalized spacial score (nSPS) is 11.0. The molecule has 0 saturated carbocycles. The minimum atomic E-state index is -0.593. The minimum absolute atomic E-state index is 0.277. The van der Waals surface area contributed by atoms with Gasteiger partial charge in [-0.1, -0.05) is 66.2 Å². The van der Waals surface area contributed by atoms with E-state index in [0.717, 1.165) is 10.9 Å². The first-order chi connectivity index (χ1) is 15.6. The number of nitrogens with one attached hydrogen (secondary N) is 1. The first kappa shape index (κ1) is 20.0. The van der Waals surface area contributed by atoms with Crippen LogP contribution in [0.2, 0.25) is 5.02 Å². The summed E-state index contributed by atoms with van der Waals surface area (Å²) < 4.78 is 5.43. The van der Waals surface area contributed by atoms with Crippen LogP contribution in [0.25, 0.3) is 33.1 Å². The highest BCUT2D eigenvalue weighted by Crippen LogP contribution is 2.30. The third-order valence-electron chi connectivity index (χ3n) is 5.31. The summed E-state index contributed by atoms with van der Waals surface area (Å²) in [5, 5.41) is 1.97. The highest BCUT2D eigenvalue weighted by atomic mass is 35.5. The van der Waals surface area contributed by atoms with Crippen molar-refractivity contribution in [1.29, 1.82) is 0 Å². The van der Waals surface area contributed by atoms with Crippen LogP contribution in [0.5, 0.6) is 0 Å². The molecule has 0 aliphatic rings. The molecule has 6 heteroatoms. The number of aromatic nitrogens is 2. The van der Waals surface area contributed by atoms with Crippen molar-refractivity contribution in [1.82, 2.24) is 9.97 Å². The summed E-state index contributed by atoms with van der Waals surface area (Å²) >= 11 is 6.35. The van der Waals surface area contributed by atoms with E-state index < -0.39 is 5.97 Å². The van der Waals surface area contributed by atoms with Crippen molar-refractivity contribution in [3.63, 3.8) is 0 Å². The number of fused-ring (bicyclic) bond motifs is 2.